The molecule has 0 N–H and O–H groups in total. The van der Waals surface area contributed by atoms with Gasteiger partial charge in [-0.2, -0.15) is 4.31 Å². The maximum Gasteiger partial charge on any atom is 0.243 e. The summed E-state index contributed by atoms with van der Waals surface area (Å²) in [6.45, 7) is 0.440. The highest BCUT2D eigenvalue weighted by Gasteiger charge is 2.36. The topological polar surface area (TPSA) is 37.4 Å². The number of nitrogens with zero attached hydrogens (tertiary/aromatic N) is 1. The van der Waals surface area contributed by atoms with Crippen LogP contribution in [0.4, 0.5) is 4.39 Å². The van der Waals surface area contributed by atoms with Gasteiger partial charge in [0.15, 0.2) is 0 Å². The molecule has 6 heteroatoms. The van der Waals surface area contributed by atoms with Gasteiger partial charge in [-0.15, -0.1) is 0 Å². The van der Waals surface area contributed by atoms with Gasteiger partial charge in [0.05, 0.1) is 10.9 Å². The van der Waals surface area contributed by atoms with Gasteiger partial charge in [0, 0.05) is 11.6 Å². The maximum absolute atomic E-state index is 13.0. The van der Waals surface area contributed by atoms with Crippen LogP contribution >= 0.6 is 11.6 Å². The quantitative estimate of drug-likeness (QED) is 0.847. The highest BCUT2D eigenvalue weighted by Crippen LogP contribution is 2.39. The van der Waals surface area contributed by atoms with E-state index in [2.05, 4.69) is 0 Å². The standard InChI is InChI=1S/C16H15ClFNO2S/c17-15-5-2-1-4-14(15)16-6-3-11-19(16)22(20,21)13-9-7-12(18)8-10-13/h1-2,4-5,7-10,16H,3,6,11H2. The predicted molar refractivity (Wildman–Crippen MR) is 83.7 cm³/mol. The third-order valence-corrected chi connectivity index (χ3v) is 6.15. The lowest BCUT2D eigenvalue weighted by molar-refractivity contribution is 0.397. The summed E-state index contributed by atoms with van der Waals surface area (Å²) in [6, 6.07) is 11.9. The molecule has 1 unspecified atom stereocenters. The van der Waals surface area contributed by atoms with E-state index in [9.17, 15) is 12.8 Å². The first-order chi connectivity index (χ1) is 10.5. The fourth-order valence-electron chi connectivity index (χ4n) is 2.83. The predicted octanol–water partition coefficient (Wildman–Crippen LogP) is 4.00. The summed E-state index contributed by atoms with van der Waals surface area (Å²) in [5, 5.41) is 0.564. The second-order valence-corrected chi connectivity index (χ2v) is 7.55. The summed E-state index contributed by atoms with van der Waals surface area (Å²) >= 11 is 6.22. The van der Waals surface area contributed by atoms with Crippen molar-refractivity contribution in [2.75, 3.05) is 6.54 Å². The Hall–Kier alpha value is -1.43. The largest absolute Gasteiger partial charge is 0.243 e. The van der Waals surface area contributed by atoms with Crippen molar-refractivity contribution in [2.24, 2.45) is 0 Å². The Labute approximate surface area is 134 Å². The first-order valence-electron chi connectivity index (χ1n) is 7.02. The van der Waals surface area contributed by atoms with Gasteiger partial charge in [-0.3, -0.25) is 0 Å². The molecule has 1 atom stereocenters. The van der Waals surface area contributed by atoms with Crippen molar-refractivity contribution >= 4 is 21.6 Å². The second-order valence-electron chi connectivity index (χ2n) is 5.25. The number of hydrogen-bond donors (Lipinski definition) is 0. The van der Waals surface area contributed by atoms with Crippen molar-refractivity contribution in [2.45, 2.75) is 23.8 Å². The maximum atomic E-state index is 13.0. The smallest absolute Gasteiger partial charge is 0.207 e. The van der Waals surface area contributed by atoms with E-state index in [0.29, 0.717) is 11.6 Å². The third-order valence-electron chi connectivity index (χ3n) is 3.89. The normalized spacial score (nSPS) is 19.5. The SMILES string of the molecule is O=S(=O)(c1ccc(F)cc1)N1CCCC1c1ccccc1Cl. The fraction of sp³-hybridized carbons (Fsp3) is 0.250. The molecule has 1 aliphatic heterocycles. The van der Waals surface area contributed by atoms with E-state index in [1.165, 1.54) is 16.4 Å². The van der Waals surface area contributed by atoms with E-state index in [1.807, 2.05) is 18.2 Å². The van der Waals surface area contributed by atoms with Crippen LogP contribution in [0.1, 0.15) is 24.4 Å². The van der Waals surface area contributed by atoms with Crippen LogP contribution in [0.3, 0.4) is 0 Å². The molecule has 0 radical (unpaired) electrons. The fourth-order valence-corrected chi connectivity index (χ4v) is 4.76. The zero-order chi connectivity index (χ0) is 15.7. The Bertz CT molecular complexity index is 777. The lowest BCUT2D eigenvalue weighted by Gasteiger charge is -2.25. The van der Waals surface area contributed by atoms with E-state index >= 15 is 0 Å². The van der Waals surface area contributed by atoms with Gasteiger partial charge in [-0.05, 0) is 48.7 Å². The number of halogens is 2. The van der Waals surface area contributed by atoms with Gasteiger partial charge in [-0.25, -0.2) is 12.8 Å². The van der Waals surface area contributed by atoms with Gasteiger partial charge < -0.3 is 0 Å². The van der Waals surface area contributed by atoms with Gasteiger partial charge in [0.2, 0.25) is 10.0 Å². The summed E-state index contributed by atoms with van der Waals surface area (Å²) < 4.78 is 40.1. The third kappa shape index (κ3) is 2.76. The summed E-state index contributed by atoms with van der Waals surface area (Å²) in [7, 11) is -3.66. The number of benzene rings is 2. The van der Waals surface area contributed by atoms with Crippen LogP contribution in [0.2, 0.25) is 5.02 Å². The summed E-state index contributed by atoms with van der Waals surface area (Å²) in [5.74, 6) is -0.456. The lowest BCUT2D eigenvalue weighted by atomic mass is 10.1. The van der Waals surface area contributed by atoms with E-state index in [1.54, 1.807) is 6.07 Å². The minimum absolute atomic E-state index is 0.104. The molecule has 3 nitrogen and oxygen atoms in total. The highest BCUT2D eigenvalue weighted by atomic mass is 35.5. The van der Waals surface area contributed by atoms with Crippen LogP contribution in [0.15, 0.2) is 53.4 Å². The van der Waals surface area contributed by atoms with Crippen LogP contribution in [0.25, 0.3) is 0 Å². The van der Waals surface area contributed by atoms with Crippen molar-refractivity contribution in [3.05, 3.63) is 64.9 Å². The van der Waals surface area contributed by atoms with Gasteiger partial charge in [0.1, 0.15) is 5.82 Å². The summed E-state index contributed by atoms with van der Waals surface area (Å²) in [5.41, 5.74) is 0.812. The second kappa shape index (κ2) is 5.99. The number of hydrogen-bond acceptors (Lipinski definition) is 2. The Morgan fingerprint density at radius 2 is 1.77 bits per heavy atom. The average Bonchev–Trinajstić information content (AvgIpc) is 2.98. The Kier molecular flexibility index (Phi) is 4.21. The van der Waals surface area contributed by atoms with Crippen LogP contribution in [0.5, 0.6) is 0 Å². The molecule has 1 aliphatic rings. The van der Waals surface area contributed by atoms with Crippen LogP contribution in [0, 0.1) is 5.82 Å². The minimum atomic E-state index is -3.66. The molecule has 0 amide bonds. The molecular formula is C16H15ClFNO2S. The Balaban J connectivity index is 1.99. The summed E-state index contributed by atoms with van der Waals surface area (Å²) in [4.78, 5) is 0.104. The van der Waals surface area contributed by atoms with Crippen LogP contribution < -0.4 is 0 Å². The zero-order valence-corrected chi connectivity index (χ0v) is 13.3. The first kappa shape index (κ1) is 15.5. The molecule has 22 heavy (non-hydrogen) atoms. The molecule has 0 bridgehead atoms. The first-order valence-corrected chi connectivity index (χ1v) is 8.84. The number of sulfonamides is 1. The van der Waals surface area contributed by atoms with E-state index in [0.717, 1.165) is 30.5 Å². The molecule has 1 fully saturated rings. The van der Waals surface area contributed by atoms with Crippen molar-refractivity contribution in [1.29, 1.82) is 0 Å². The van der Waals surface area contributed by atoms with E-state index in [4.69, 9.17) is 11.6 Å². The van der Waals surface area contributed by atoms with Crippen LogP contribution in [-0.2, 0) is 10.0 Å². The molecule has 3 rings (SSSR count). The molecule has 0 saturated carbocycles. The monoisotopic (exact) mass is 339 g/mol. The Morgan fingerprint density at radius 3 is 2.45 bits per heavy atom. The van der Waals surface area contributed by atoms with Gasteiger partial charge in [-0.1, -0.05) is 29.8 Å². The molecule has 0 aromatic heterocycles. The molecule has 2 aromatic rings. The van der Waals surface area contributed by atoms with Crippen molar-refractivity contribution < 1.29 is 12.8 Å². The van der Waals surface area contributed by atoms with Crippen molar-refractivity contribution in [1.82, 2.24) is 4.31 Å². The van der Waals surface area contributed by atoms with Crippen LogP contribution in [-0.4, -0.2) is 19.3 Å². The minimum Gasteiger partial charge on any atom is -0.207 e. The molecule has 0 spiro atoms. The zero-order valence-electron chi connectivity index (χ0n) is 11.7. The molecular weight excluding hydrogens is 325 g/mol. The molecule has 0 aliphatic carbocycles. The Morgan fingerprint density at radius 1 is 1.09 bits per heavy atom. The molecule has 1 saturated heterocycles. The molecule has 1 heterocycles. The molecule has 116 valence electrons. The highest BCUT2D eigenvalue weighted by molar-refractivity contribution is 7.89. The van der Waals surface area contributed by atoms with Gasteiger partial charge >= 0.3 is 0 Å². The van der Waals surface area contributed by atoms with E-state index in [-0.39, 0.29) is 10.9 Å². The molecule has 2 aromatic carbocycles. The summed E-state index contributed by atoms with van der Waals surface area (Å²) in [6.07, 6.45) is 1.50. The van der Waals surface area contributed by atoms with Crippen molar-refractivity contribution in [3.63, 3.8) is 0 Å². The van der Waals surface area contributed by atoms with Gasteiger partial charge in [0.25, 0.3) is 0 Å². The van der Waals surface area contributed by atoms with Crippen molar-refractivity contribution in [3.8, 4) is 0 Å². The lowest BCUT2D eigenvalue weighted by Crippen LogP contribution is -2.30. The average molecular weight is 340 g/mol. The van der Waals surface area contributed by atoms with E-state index < -0.39 is 15.8 Å². The number of rotatable bonds is 3.